The van der Waals surface area contributed by atoms with E-state index >= 15 is 0 Å². The van der Waals surface area contributed by atoms with E-state index in [-0.39, 0.29) is 36.8 Å². The Balaban J connectivity index is 0.000000333. The summed E-state index contributed by atoms with van der Waals surface area (Å²) >= 11 is 0. The van der Waals surface area contributed by atoms with E-state index < -0.39 is 16.8 Å². The molecule has 2 aromatic carbocycles. The summed E-state index contributed by atoms with van der Waals surface area (Å²) in [4.78, 5) is 40.8. The predicted octanol–water partition coefficient (Wildman–Crippen LogP) is 5.12. The number of hydrogen-bond donors (Lipinski definition) is 5. The van der Waals surface area contributed by atoms with Crippen molar-refractivity contribution in [3.63, 3.8) is 0 Å². The van der Waals surface area contributed by atoms with Crippen LogP contribution < -0.4 is 20.9 Å². The zero-order valence-electron chi connectivity index (χ0n) is 30.7. The molecule has 0 fully saturated rings. The Bertz CT molecular complexity index is 1840. The van der Waals surface area contributed by atoms with Gasteiger partial charge in [0.25, 0.3) is 5.97 Å². The molecule has 15 nitrogen and oxygen atoms in total. The number of carbonyl (C=O) groups excluding carboxylic acids is 2. The topological polar surface area (TPSA) is 243 Å². The molecule has 4 aromatic rings. The summed E-state index contributed by atoms with van der Waals surface area (Å²) in [7, 11) is 2.71. The summed E-state index contributed by atoms with van der Waals surface area (Å²) in [6.07, 6.45) is 3.38. The Morgan fingerprint density at radius 3 is 1.30 bits per heavy atom. The van der Waals surface area contributed by atoms with Crippen molar-refractivity contribution in [2.75, 3.05) is 27.4 Å². The number of amidine groups is 2. The standard InChI is InChI=1S/C18H21N3O4.C18H21N3O3.C2H4O2/c1-18(2,17(22)24-3)11-25-15-9-8-14(10-20-15)12-4-6-13(7-5-12)16(19)21-23;1-18(2,17(22)23-3)11-24-15-9-8-14(10-21-15)12-4-6-13(7-5-12)16(19)20;1-2(3)4/h4-10,23H,11H2,1-3H3,(H2,19,21);4-10H,11H2,1-3H3,(H3,19,20);1H3,(H,3,4). The number of nitrogens with zero attached hydrogens (tertiary/aromatic N) is 3. The van der Waals surface area contributed by atoms with Crippen LogP contribution in [0, 0.1) is 16.2 Å². The number of rotatable bonds is 12. The molecule has 0 saturated carbocycles. The van der Waals surface area contributed by atoms with Gasteiger partial charge in [-0.15, -0.1) is 0 Å². The number of nitrogens with one attached hydrogen (secondary N) is 1. The Kier molecular flexibility index (Phi) is 15.9. The van der Waals surface area contributed by atoms with Gasteiger partial charge in [-0.25, -0.2) is 9.97 Å². The highest BCUT2D eigenvalue weighted by atomic mass is 16.5. The van der Waals surface area contributed by atoms with Crippen molar-refractivity contribution >= 4 is 29.6 Å². The Morgan fingerprint density at radius 2 is 1.02 bits per heavy atom. The molecule has 0 bridgehead atoms. The van der Waals surface area contributed by atoms with E-state index in [4.69, 9.17) is 50.9 Å². The fourth-order valence-corrected chi connectivity index (χ4v) is 4.19. The number of benzene rings is 2. The van der Waals surface area contributed by atoms with Crippen LogP contribution in [0.2, 0.25) is 0 Å². The van der Waals surface area contributed by atoms with Crippen LogP contribution in [0.5, 0.6) is 11.8 Å². The normalized spacial score (nSPS) is 11.0. The number of aromatic nitrogens is 2. The molecule has 0 aliphatic rings. The van der Waals surface area contributed by atoms with Crippen molar-refractivity contribution in [1.29, 1.82) is 5.41 Å². The molecule has 2 heterocycles. The van der Waals surface area contributed by atoms with Crippen molar-refractivity contribution in [2.45, 2.75) is 34.6 Å². The minimum absolute atomic E-state index is 0.0386. The van der Waals surface area contributed by atoms with Crippen LogP contribution in [0.1, 0.15) is 45.7 Å². The number of esters is 2. The molecule has 4 rings (SSSR count). The molecule has 0 spiro atoms. The smallest absolute Gasteiger partial charge is 0.314 e. The number of carboxylic acid groups (broad SMARTS) is 1. The van der Waals surface area contributed by atoms with Gasteiger partial charge in [0.15, 0.2) is 5.84 Å². The van der Waals surface area contributed by atoms with Crippen LogP contribution in [0.4, 0.5) is 0 Å². The fraction of sp³-hybridized carbons (Fsp3) is 0.289. The molecule has 0 atom stereocenters. The van der Waals surface area contributed by atoms with Crippen molar-refractivity contribution in [2.24, 2.45) is 27.5 Å². The van der Waals surface area contributed by atoms with Crippen LogP contribution in [-0.4, -0.2) is 77.3 Å². The Morgan fingerprint density at radius 1 is 0.679 bits per heavy atom. The maximum absolute atomic E-state index is 11.6. The summed E-state index contributed by atoms with van der Waals surface area (Å²) in [6, 6.07) is 21.8. The van der Waals surface area contributed by atoms with E-state index in [2.05, 4.69) is 15.1 Å². The number of hydrogen-bond acceptors (Lipinski definition) is 12. The third-order valence-electron chi connectivity index (χ3n) is 7.26. The van der Waals surface area contributed by atoms with Gasteiger partial charge in [-0.2, -0.15) is 0 Å². The number of carboxylic acids is 1. The van der Waals surface area contributed by atoms with Crippen LogP contribution in [-0.2, 0) is 23.9 Å². The van der Waals surface area contributed by atoms with Crippen molar-refractivity contribution < 1.29 is 43.6 Å². The van der Waals surface area contributed by atoms with E-state index in [0.29, 0.717) is 22.9 Å². The Labute approximate surface area is 308 Å². The molecular formula is C38H46N6O9. The van der Waals surface area contributed by atoms with Crippen LogP contribution in [0.3, 0.4) is 0 Å². The zero-order chi connectivity index (χ0) is 39.8. The number of nitrogens with two attached hydrogens (primary N) is 2. The molecule has 0 saturated heterocycles. The number of oxime groups is 1. The lowest BCUT2D eigenvalue weighted by Gasteiger charge is -2.21. The van der Waals surface area contributed by atoms with Gasteiger partial charge in [0, 0.05) is 53.7 Å². The van der Waals surface area contributed by atoms with Gasteiger partial charge in [0.2, 0.25) is 11.8 Å². The Hall–Kier alpha value is -6.51. The molecule has 0 aliphatic carbocycles. The average Bonchev–Trinajstić information content (AvgIpc) is 3.15. The minimum Gasteiger partial charge on any atom is -0.481 e. The van der Waals surface area contributed by atoms with Gasteiger partial charge in [0.05, 0.1) is 25.0 Å². The zero-order valence-corrected chi connectivity index (χ0v) is 30.7. The molecule has 0 amide bonds. The lowest BCUT2D eigenvalue weighted by molar-refractivity contribution is -0.153. The molecule has 0 radical (unpaired) electrons. The number of nitrogen functional groups attached to an aromatic ring is 1. The lowest BCUT2D eigenvalue weighted by atomic mass is 9.95. The van der Waals surface area contributed by atoms with E-state index in [0.717, 1.165) is 29.2 Å². The van der Waals surface area contributed by atoms with E-state index in [1.54, 1.807) is 76.5 Å². The van der Waals surface area contributed by atoms with Crippen LogP contribution in [0.15, 0.2) is 90.3 Å². The second-order valence-corrected chi connectivity index (χ2v) is 12.7. The predicted molar refractivity (Wildman–Crippen MR) is 199 cm³/mol. The largest absolute Gasteiger partial charge is 0.481 e. The highest BCUT2D eigenvalue weighted by Gasteiger charge is 2.30. The molecule has 2 aromatic heterocycles. The van der Waals surface area contributed by atoms with Gasteiger partial charge in [-0.1, -0.05) is 53.7 Å². The second-order valence-electron chi connectivity index (χ2n) is 12.7. The number of carbonyl (C=O) groups is 3. The first-order valence-corrected chi connectivity index (χ1v) is 16.0. The quantitative estimate of drug-likeness (QED) is 0.0418. The van der Waals surface area contributed by atoms with Gasteiger partial charge >= 0.3 is 11.9 Å². The lowest BCUT2D eigenvalue weighted by Crippen LogP contribution is -2.32. The number of aliphatic carboxylic acids is 1. The molecule has 7 N–H and O–H groups in total. The van der Waals surface area contributed by atoms with Gasteiger partial charge < -0.3 is 40.7 Å². The molecular weight excluding hydrogens is 684 g/mol. The molecule has 0 unspecified atom stereocenters. The van der Waals surface area contributed by atoms with Gasteiger partial charge in [0.1, 0.15) is 19.0 Å². The maximum atomic E-state index is 11.6. The first kappa shape index (κ1) is 42.7. The number of methoxy groups -OCH3 is 2. The first-order chi connectivity index (χ1) is 24.9. The van der Waals surface area contributed by atoms with Crippen LogP contribution in [0.25, 0.3) is 22.3 Å². The molecule has 0 aliphatic heterocycles. The summed E-state index contributed by atoms with van der Waals surface area (Å²) < 4.78 is 20.6. The minimum atomic E-state index is -0.833. The molecule has 282 valence electrons. The molecule has 15 heteroatoms. The summed E-state index contributed by atoms with van der Waals surface area (Å²) in [5.41, 5.74) is 14.5. The highest BCUT2D eigenvalue weighted by Crippen LogP contribution is 2.25. The van der Waals surface area contributed by atoms with Crippen molar-refractivity contribution in [3.05, 3.63) is 96.3 Å². The summed E-state index contributed by atoms with van der Waals surface area (Å²) in [5, 5.41) is 26.4. The van der Waals surface area contributed by atoms with Gasteiger partial charge in [-0.05, 0) is 51.0 Å². The average molecular weight is 731 g/mol. The van der Waals surface area contributed by atoms with E-state index in [9.17, 15) is 9.59 Å². The first-order valence-electron chi connectivity index (χ1n) is 16.0. The third kappa shape index (κ3) is 13.6. The van der Waals surface area contributed by atoms with E-state index in [1.807, 2.05) is 36.4 Å². The van der Waals surface area contributed by atoms with Crippen molar-refractivity contribution in [3.8, 4) is 34.0 Å². The maximum Gasteiger partial charge on any atom is 0.314 e. The summed E-state index contributed by atoms with van der Waals surface area (Å²) in [6.45, 7) is 8.43. The van der Waals surface area contributed by atoms with E-state index in [1.165, 1.54) is 14.2 Å². The second kappa shape index (κ2) is 19.8. The monoisotopic (exact) mass is 730 g/mol. The van der Waals surface area contributed by atoms with Gasteiger partial charge in [-0.3, -0.25) is 19.8 Å². The van der Waals surface area contributed by atoms with Crippen LogP contribution >= 0.6 is 0 Å². The summed E-state index contributed by atoms with van der Waals surface area (Å²) in [5.74, 6) is -0.539. The molecule has 53 heavy (non-hydrogen) atoms. The number of pyridine rings is 2. The fourth-order valence-electron chi connectivity index (χ4n) is 4.19. The SMILES string of the molecule is CC(=O)O.COC(=O)C(C)(C)COc1ccc(-c2ccc(C(=N)N)cc2)cn1.COC(=O)C(C)(C)COc1ccc(-c2ccc(C(N)=NO)cc2)cn1. The third-order valence-corrected chi connectivity index (χ3v) is 7.26. The highest BCUT2D eigenvalue weighted by molar-refractivity contribution is 5.97. The number of ether oxygens (including phenoxy) is 4. The van der Waals surface area contributed by atoms with Crippen molar-refractivity contribution in [1.82, 2.24) is 9.97 Å².